The maximum absolute atomic E-state index is 12.5. The minimum Gasteiger partial charge on any atom is -0.497 e. The van der Waals surface area contributed by atoms with Crippen LogP contribution in [0.3, 0.4) is 0 Å². The summed E-state index contributed by atoms with van der Waals surface area (Å²) in [6.45, 7) is -0.0636. The van der Waals surface area contributed by atoms with Crippen molar-refractivity contribution in [3.8, 4) is 11.5 Å². The molecule has 2 N–H and O–H groups in total. The Morgan fingerprint density at radius 2 is 1.94 bits per heavy atom. The van der Waals surface area contributed by atoms with Crippen molar-refractivity contribution in [2.24, 2.45) is 0 Å². The second-order valence-corrected chi connectivity index (χ2v) is 6.55. The molecule has 0 bridgehead atoms. The monoisotopic (exact) mass is 429 g/mol. The first kappa shape index (κ1) is 22.1. The Kier molecular flexibility index (Phi) is 7.47. The van der Waals surface area contributed by atoms with Crippen molar-refractivity contribution in [2.75, 3.05) is 27.6 Å². The fourth-order valence-electron chi connectivity index (χ4n) is 2.84. The van der Waals surface area contributed by atoms with Crippen LogP contribution in [-0.4, -0.2) is 50.6 Å². The molecule has 1 atom stereocenters. The maximum atomic E-state index is 12.5. The van der Waals surface area contributed by atoms with Gasteiger partial charge in [0.15, 0.2) is 18.6 Å². The summed E-state index contributed by atoms with van der Waals surface area (Å²) in [4.78, 5) is 24.1. The number of fused-ring (bicyclic) bond motifs is 1. The Hall–Kier alpha value is -3.56. The third-order valence-electron chi connectivity index (χ3n) is 4.40. The van der Waals surface area contributed by atoms with Gasteiger partial charge in [0.2, 0.25) is 0 Å². The normalized spacial score (nSPS) is 11.8. The standard InChI is InChI=1S/C22H23NO8/c1-27-13-30-18-6-4-3-5-14(18)11-29-12-17(22(25)26)23-21(24)20-10-15-9-16(28-2)7-8-19(15)31-20/h3-10,17H,11-13H2,1-2H3,(H,23,24)(H,25,26)/t17-/m0/s1. The Morgan fingerprint density at radius 1 is 1.13 bits per heavy atom. The van der Waals surface area contributed by atoms with Gasteiger partial charge in [-0.05, 0) is 30.3 Å². The number of amides is 1. The van der Waals surface area contributed by atoms with E-state index in [0.29, 0.717) is 22.5 Å². The Bertz CT molecular complexity index is 1040. The molecule has 164 valence electrons. The van der Waals surface area contributed by atoms with Crippen molar-refractivity contribution in [1.82, 2.24) is 5.32 Å². The van der Waals surface area contributed by atoms with E-state index in [9.17, 15) is 14.7 Å². The molecule has 9 nitrogen and oxygen atoms in total. The molecule has 3 rings (SSSR count). The second kappa shape index (κ2) is 10.5. The number of rotatable bonds is 11. The van der Waals surface area contributed by atoms with Crippen molar-refractivity contribution in [3.63, 3.8) is 0 Å². The summed E-state index contributed by atoms with van der Waals surface area (Å²) in [6, 6.07) is 12.5. The minimum absolute atomic E-state index is 0.00665. The molecule has 0 aliphatic carbocycles. The molecule has 1 aromatic heterocycles. The molecule has 1 heterocycles. The van der Waals surface area contributed by atoms with Crippen LogP contribution < -0.4 is 14.8 Å². The molecule has 3 aromatic rings. The van der Waals surface area contributed by atoms with Crippen molar-refractivity contribution in [1.29, 1.82) is 0 Å². The zero-order valence-electron chi connectivity index (χ0n) is 17.1. The molecule has 9 heteroatoms. The van der Waals surface area contributed by atoms with Gasteiger partial charge in [-0.25, -0.2) is 4.79 Å². The SMILES string of the molecule is COCOc1ccccc1COC[C@H](NC(=O)c1cc2cc(OC)ccc2o1)C(=O)O. The number of ether oxygens (including phenoxy) is 4. The van der Waals surface area contributed by atoms with Crippen LogP contribution in [0.15, 0.2) is 52.9 Å². The lowest BCUT2D eigenvalue weighted by Crippen LogP contribution is -2.43. The van der Waals surface area contributed by atoms with Gasteiger partial charge in [-0.15, -0.1) is 0 Å². The lowest BCUT2D eigenvalue weighted by molar-refractivity contribution is -0.141. The van der Waals surface area contributed by atoms with E-state index in [1.54, 1.807) is 36.4 Å². The van der Waals surface area contributed by atoms with Gasteiger partial charge in [0.1, 0.15) is 17.1 Å². The molecule has 0 saturated heterocycles. The number of furan rings is 1. The van der Waals surface area contributed by atoms with Crippen LogP contribution in [0.2, 0.25) is 0 Å². The summed E-state index contributed by atoms with van der Waals surface area (Å²) in [7, 11) is 3.05. The summed E-state index contributed by atoms with van der Waals surface area (Å²) in [6.07, 6.45) is 0. The number of carbonyl (C=O) groups excluding carboxylic acids is 1. The lowest BCUT2D eigenvalue weighted by atomic mass is 10.2. The van der Waals surface area contributed by atoms with Crippen LogP contribution >= 0.6 is 0 Å². The van der Waals surface area contributed by atoms with E-state index in [1.165, 1.54) is 20.3 Å². The molecule has 0 spiro atoms. The summed E-state index contributed by atoms with van der Waals surface area (Å²) >= 11 is 0. The van der Waals surface area contributed by atoms with E-state index in [1.807, 2.05) is 6.07 Å². The van der Waals surface area contributed by atoms with Crippen molar-refractivity contribution in [3.05, 3.63) is 59.9 Å². The molecule has 0 aliphatic rings. The molecular weight excluding hydrogens is 406 g/mol. The zero-order chi connectivity index (χ0) is 22.2. The molecule has 1 amide bonds. The smallest absolute Gasteiger partial charge is 0.328 e. The van der Waals surface area contributed by atoms with E-state index in [2.05, 4.69) is 5.32 Å². The first-order chi connectivity index (χ1) is 15.0. The van der Waals surface area contributed by atoms with Crippen molar-refractivity contribution >= 4 is 22.8 Å². The number of hydrogen-bond acceptors (Lipinski definition) is 7. The average Bonchev–Trinajstić information content (AvgIpc) is 3.21. The fraction of sp³-hybridized carbons (Fsp3) is 0.273. The van der Waals surface area contributed by atoms with Crippen LogP contribution in [-0.2, 0) is 20.9 Å². The lowest BCUT2D eigenvalue weighted by Gasteiger charge is -2.15. The van der Waals surface area contributed by atoms with Gasteiger partial charge in [-0.3, -0.25) is 4.79 Å². The molecule has 0 aliphatic heterocycles. The van der Waals surface area contributed by atoms with Gasteiger partial charge >= 0.3 is 5.97 Å². The van der Waals surface area contributed by atoms with Crippen LogP contribution in [0.1, 0.15) is 16.1 Å². The maximum Gasteiger partial charge on any atom is 0.328 e. The first-order valence-corrected chi connectivity index (χ1v) is 9.40. The Morgan fingerprint density at radius 3 is 2.68 bits per heavy atom. The summed E-state index contributed by atoms with van der Waals surface area (Å²) in [5, 5.41) is 12.5. The number of aliphatic carboxylic acids is 1. The number of carbonyl (C=O) groups is 2. The largest absolute Gasteiger partial charge is 0.497 e. The van der Waals surface area contributed by atoms with Crippen LogP contribution in [0.4, 0.5) is 0 Å². The van der Waals surface area contributed by atoms with Gasteiger partial charge in [0.05, 0.1) is 20.3 Å². The first-order valence-electron chi connectivity index (χ1n) is 9.40. The van der Waals surface area contributed by atoms with E-state index in [4.69, 9.17) is 23.4 Å². The highest BCUT2D eigenvalue weighted by atomic mass is 16.7. The van der Waals surface area contributed by atoms with Crippen molar-refractivity contribution in [2.45, 2.75) is 12.6 Å². The topological polar surface area (TPSA) is 116 Å². The molecule has 0 radical (unpaired) electrons. The summed E-state index contributed by atoms with van der Waals surface area (Å²) in [5.41, 5.74) is 1.21. The number of nitrogens with one attached hydrogen (secondary N) is 1. The molecule has 0 unspecified atom stereocenters. The number of para-hydroxylation sites is 1. The quantitative estimate of drug-likeness (QED) is 0.447. The zero-order valence-corrected chi connectivity index (χ0v) is 17.1. The van der Waals surface area contributed by atoms with E-state index in [-0.39, 0.29) is 25.8 Å². The molecule has 0 fully saturated rings. The van der Waals surface area contributed by atoms with Crippen molar-refractivity contribution < 1.29 is 38.1 Å². The van der Waals surface area contributed by atoms with Gasteiger partial charge < -0.3 is 33.8 Å². The average molecular weight is 429 g/mol. The van der Waals surface area contributed by atoms with Gasteiger partial charge in [-0.2, -0.15) is 0 Å². The predicted octanol–water partition coefficient (Wildman–Crippen LogP) is 2.82. The van der Waals surface area contributed by atoms with Crippen LogP contribution in [0.5, 0.6) is 11.5 Å². The summed E-state index contributed by atoms with van der Waals surface area (Å²) < 4.78 is 26.5. The van der Waals surface area contributed by atoms with Gasteiger partial charge in [-0.1, -0.05) is 18.2 Å². The van der Waals surface area contributed by atoms with Gasteiger partial charge in [0.25, 0.3) is 5.91 Å². The van der Waals surface area contributed by atoms with E-state index >= 15 is 0 Å². The van der Waals surface area contributed by atoms with Crippen LogP contribution in [0, 0.1) is 0 Å². The van der Waals surface area contributed by atoms with E-state index < -0.39 is 17.9 Å². The predicted molar refractivity (Wildman–Crippen MR) is 110 cm³/mol. The Labute approximate surface area is 178 Å². The molecule has 31 heavy (non-hydrogen) atoms. The molecular formula is C22H23NO8. The van der Waals surface area contributed by atoms with Crippen LogP contribution in [0.25, 0.3) is 11.0 Å². The third-order valence-corrected chi connectivity index (χ3v) is 4.40. The number of carboxylic acids is 1. The number of methoxy groups -OCH3 is 2. The number of carboxylic acid groups (broad SMARTS) is 1. The highest BCUT2D eigenvalue weighted by Gasteiger charge is 2.23. The molecule has 2 aromatic carbocycles. The number of hydrogen-bond donors (Lipinski definition) is 2. The highest BCUT2D eigenvalue weighted by Crippen LogP contribution is 2.24. The summed E-state index contributed by atoms with van der Waals surface area (Å²) in [5.74, 6) is -0.706. The fourth-order valence-corrected chi connectivity index (χ4v) is 2.84. The second-order valence-electron chi connectivity index (χ2n) is 6.55. The van der Waals surface area contributed by atoms with Gasteiger partial charge in [0, 0.05) is 18.1 Å². The Balaban J connectivity index is 1.61. The minimum atomic E-state index is -1.26. The highest BCUT2D eigenvalue weighted by molar-refractivity contribution is 5.98. The number of benzene rings is 2. The third kappa shape index (κ3) is 5.74. The van der Waals surface area contributed by atoms with E-state index in [0.717, 1.165) is 5.56 Å². The molecule has 0 saturated carbocycles.